The third-order valence-electron chi connectivity index (χ3n) is 6.33. The molecule has 0 spiro atoms. The average Bonchev–Trinajstić information content (AvgIpc) is 2.76. The van der Waals surface area contributed by atoms with E-state index in [1.165, 1.54) is 127 Å². The van der Waals surface area contributed by atoms with E-state index in [0.29, 0.717) is 0 Å². The third kappa shape index (κ3) is 32.0. The fraction of sp³-hybridized carbons (Fsp3) is 1.00. The highest BCUT2D eigenvalue weighted by molar-refractivity contribution is 4.64. The smallest absolute Gasteiger partial charge is 0.0901 e. The van der Waals surface area contributed by atoms with E-state index in [0.717, 1.165) is 24.9 Å². The van der Waals surface area contributed by atoms with Gasteiger partial charge in [0, 0.05) is 20.0 Å². The second kappa shape index (κ2) is 27.1. The van der Waals surface area contributed by atoms with Crippen LogP contribution in [-0.2, 0) is 0 Å². The third-order valence-corrected chi connectivity index (χ3v) is 6.33. The van der Waals surface area contributed by atoms with Crippen molar-refractivity contribution in [2.75, 3.05) is 13.6 Å². The largest absolute Gasteiger partial charge is 0.635 e. The van der Waals surface area contributed by atoms with Crippen LogP contribution in [-0.4, -0.2) is 29.4 Å². The van der Waals surface area contributed by atoms with E-state index in [1.807, 2.05) is 13.8 Å². The van der Waals surface area contributed by atoms with Crippen LogP contribution in [0.1, 0.15) is 163 Å². The van der Waals surface area contributed by atoms with Crippen LogP contribution < -0.4 is 5.48 Å². The molecule has 32 heavy (non-hydrogen) atoms. The molecule has 0 saturated heterocycles. The van der Waals surface area contributed by atoms with E-state index >= 15 is 0 Å². The lowest BCUT2D eigenvalue weighted by Crippen LogP contribution is -2.89. The number of nitrogens with two attached hydrogens (primary N) is 1. The summed E-state index contributed by atoms with van der Waals surface area (Å²) in [5.74, 6) is 0. The SMILES string of the molecule is CCCCCCCCCCCC(C)(C)[NH2+][O-].CCCCCCCCCCCCCN(C)O. The zero-order valence-electron chi connectivity index (χ0n) is 22.9. The van der Waals surface area contributed by atoms with Gasteiger partial charge in [-0.2, -0.15) is 5.06 Å². The molecule has 0 fully saturated rings. The molecule has 3 N–H and O–H groups in total. The Balaban J connectivity index is 0. The predicted molar refractivity (Wildman–Crippen MR) is 142 cm³/mol. The minimum Gasteiger partial charge on any atom is -0.635 e. The summed E-state index contributed by atoms with van der Waals surface area (Å²) in [5.41, 5.74) is 0.999. The van der Waals surface area contributed by atoms with Crippen LogP contribution in [0.25, 0.3) is 0 Å². The van der Waals surface area contributed by atoms with Crippen molar-refractivity contribution in [3.8, 4) is 0 Å². The van der Waals surface area contributed by atoms with Crippen LogP contribution in [0.5, 0.6) is 0 Å². The number of quaternary nitrogens is 1. The lowest BCUT2D eigenvalue weighted by atomic mass is 9.97. The molecular formula is C28H62N2O2. The molecule has 0 aromatic rings. The van der Waals surface area contributed by atoms with Crippen molar-refractivity contribution >= 4 is 0 Å². The standard InChI is InChI=1S/2C14H31NO/c1-4-5-6-7-8-9-10-11-12-13-14(2,3)15-16;1-3-4-5-6-7-8-9-10-11-12-13-14-15(2)16/h4-13,15H2,1-3H3;16H,3-14H2,1-2H3. The van der Waals surface area contributed by atoms with E-state index in [9.17, 15) is 5.21 Å². The fourth-order valence-corrected chi connectivity index (χ4v) is 3.96. The molecule has 0 saturated carbocycles. The Morgan fingerprint density at radius 3 is 1.22 bits per heavy atom. The van der Waals surface area contributed by atoms with Gasteiger partial charge in [-0.1, -0.05) is 129 Å². The molecule has 0 unspecified atom stereocenters. The Morgan fingerprint density at radius 2 is 0.906 bits per heavy atom. The lowest BCUT2D eigenvalue weighted by Gasteiger charge is -2.24. The van der Waals surface area contributed by atoms with Gasteiger partial charge in [-0.3, -0.25) is 0 Å². The van der Waals surface area contributed by atoms with Gasteiger partial charge in [-0.15, -0.1) is 0 Å². The van der Waals surface area contributed by atoms with Gasteiger partial charge in [-0.05, 0) is 26.7 Å². The van der Waals surface area contributed by atoms with Gasteiger partial charge >= 0.3 is 0 Å². The highest BCUT2D eigenvalue weighted by atomic mass is 16.5. The summed E-state index contributed by atoms with van der Waals surface area (Å²) in [6.45, 7) is 9.41. The molecule has 0 bridgehead atoms. The van der Waals surface area contributed by atoms with E-state index in [2.05, 4.69) is 13.8 Å². The van der Waals surface area contributed by atoms with Crippen LogP contribution >= 0.6 is 0 Å². The Kier molecular flexibility index (Phi) is 28.8. The number of nitrogens with zero attached hydrogens (tertiary/aromatic N) is 1. The summed E-state index contributed by atoms with van der Waals surface area (Å²) in [6, 6.07) is 0. The molecule has 0 aromatic heterocycles. The van der Waals surface area contributed by atoms with Crippen LogP contribution in [0, 0.1) is 5.21 Å². The summed E-state index contributed by atoms with van der Waals surface area (Å²) in [5, 5.41) is 20.9. The van der Waals surface area contributed by atoms with Crippen molar-refractivity contribution in [2.45, 2.75) is 168 Å². The summed E-state index contributed by atoms with van der Waals surface area (Å²) in [6.07, 6.45) is 28.2. The first-order valence-electron chi connectivity index (χ1n) is 14.3. The number of unbranched alkanes of at least 4 members (excludes halogenated alkanes) is 18. The zero-order valence-corrected chi connectivity index (χ0v) is 22.9. The van der Waals surface area contributed by atoms with Gasteiger partial charge in [0.05, 0.1) is 5.54 Å². The van der Waals surface area contributed by atoms with Gasteiger partial charge in [0.2, 0.25) is 0 Å². The van der Waals surface area contributed by atoms with Crippen LogP contribution in [0.2, 0.25) is 0 Å². The van der Waals surface area contributed by atoms with Crippen molar-refractivity contribution in [3.05, 3.63) is 5.21 Å². The molecule has 4 heteroatoms. The summed E-state index contributed by atoms with van der Waals surface area (Å²) in [4.78, 5) is 0. The first-order chi connectivity index (χ1) is 15.4. The fourth-order valence-electron chi connectivity index (χ4n) is 3.96. The van der Waals surface area contributed by atoms with Crippen molar-refractivity contribution in [1.82, 2.24) is 5.06 Å². The first kappa shape index (κ1) is 34.0. The molecule has 0 amide bonds. The van der Waals surface area contributed by atoms with Gasteiger partial charge in [0.15, 0.2) is 0 Å². The summed E-state index contributed by atoms with van der Waals surface area (Å²) >= 11 is 0. The van der Waals surface area contributed by atoms with Gasteiger partial charge in [0.25, 0.3) is 0 Å². The highest BCUT2D eigenvalue weighted by Crippen LogP contribution is 2.14. The zero-order chi connectivity index (χ0) is 24.3. The van der Waals surface area contributed by atoms with E-state index in [4.69, 9.17) is 5.21 Å². The topological polar surface area (TPSA) is 63.1 Å². The molecule has 0 aliphatic rings. The minimum atomic E-state index is -0.0961. The van der Waals surface area contributed by atoms with Crippen LogP contribution in [0.15, 0.2) is 0 Å². The monoisotopic (exact) mass is 458 g/mol. The molecule has 0 aromatic carbocycles. The molecule has 0 aliphatic carbocycles. The Morgan fingerprint density at radius 1 is 0.594 bits per heavy atom. The lowest BCUT2D eigenvalue weighted by molar-refractivity contribution is -0.663. The molecule has 0 aliphatic heterocycles. The maximum absolute atomic E-state index is 10.7. The highest BCUT2D eigenvalue weighted by Gasteiger charge is 2.15. The number of rotatable bonds is 23. The van der Waals surface area contributed by atoms with Gasteiger partial charge in [0.1, 0.15) is 0 Å². The van der Waals surface area contributed by atoms with Gasteiger partial charge < -0.3 is 15.9 Å². The summed E-state index contributed by atoms with van der Waals surface area (Å²) in [7, 11) is 1.72. The number of hydrogen-bond acceptors (Lipinski definition) is 3. The number of hydrogen-bond donors (Lipinski definition) is 2. The van der Waals surface area contributed by atoms with E-state index in [1.54, 1.807) is 7.05 Å². The van der Waals surface area contributed by atoms with Crippen LogP contribution in [0.3, 0.4) is 0 Å². The predicted octanol–water partition coefficient (Wildman–Crippen LogP) is 8.37. The molecule has 196 valence electrons. The quantitative estimate of drug-likeness (QED) is 0.119. The normalized spacial score (nSPS) is 11.6. The van der Waals surface area contributed by atoms with E-state index < -0.39 is 0 Å². The molecule has 0 radical (unpaired) electrons. The molecule has 0 heterocycles. The van der Waals surface area contributed by atoms with Crippen LogP contribution in [0.4, 0.5) is 0 Å². The van der Waals surface area contributed by atoms with Crippen molar-refractivity contribution in [3.63, 3.8) is 0 Å². The second-order valence-corrected chi connectivity index (χ2v) is 10.6. The summed E-state index contributed by atoms with van der Waals surface area (Å²) < 4.78 is 0. The molecule has 0 rings (SSSR count). The average molecular weight is 459 g/mol. The first-order valence-corrected chi connectivity index (χ1v) is 14.3. The van der Waals surface area contributed by atoms with E-state index in [-0.39, 0.29) is 5.54 Å². The Labute approximate surface area is 202 Å². The van der Waals surface area contributed by atoms with Crippen molar-refractivity contribution in [2.24, 2.45) is 0 Å². The Bertz CT molecular complexity index is 335. The second-order valence-electron chi connectivity index (χ2n) is 10.6. The maximum atomic E-state index is 10.7. The minimum absolute atomic E-state index is 0.0961. The number of hydroxylamine groups is 3. The van der Waals surface area contributed by atoms with Crippen molar-refractivity contribution in [1.29, 1.82) is 0 Å². The molecule has 4 nitrogen and oxygen atoms in total. The molecule has 0 atom stereocenters. The van der Waals surface area contributed by atoms with Gasteiger partial charge in [-0.25, -0.2) is 0 Å². The Hall–Kier alpha value is -0.160. The molecular weight excluding hydrogens is 396 g/mol. The maximum Gasteiger partial charge on any atom is 0.0901 e. The van der Waals surface area contributed by atoms with Crippen molar-refractivity contribution < 1.29 is 10.7 Å².